The Balaban J connectivity index is 1.80. The topological polar surface area (TPSA) is 118 Å². The largest absolute Gasteiger partial charge is 0.496 e. The zero-order valence-corrected chi connectivity index (χ0v) is 14.5. The molecular formula is C19H17N3O5. The van der Waals surface area contributed by atoms with Crippen molar-refractivity contribution in [1.82, 2.24) is 5.32 Å². The highest BCUT2D eigenvalue weighted by atomic mass is 16.5. The number of ether oxygens (including phenoxy) is 2. The van der Waals surface area contributed by atoms with Gasteiger partial charge in [0, 0.05) is 0 Å². The molecule has 8 heteroatoms. The fourth-order valence-corrected chi connectivity index (χ4v) is 2.15. The molecule has 0 aliphatic rings. The highest BCUT2D eigenvalue weighted by Crippen LogP contribution is 2.16. The molecule has 2 aromatic carbocycles. The normalized spacial score (nSPS) is 9.63. The first-order chi connectivity index (χ1) is 13.0. The highest BCUT2D eigenvalue weighted by Gasteiger charge is 2.14. The number of hydrogen-bond acceptors (Lipinski definition) is 6. The Morgan fingerprint density at radius 1 is 1.07 bits per heavy atom. The third-order valence-electron chi connectivity index (χ3n) is 3.43. The second-order valence-electron chi connectivity index (χ2n) is 5.25. The van der Waals surface area contributed by atoms with Crippen molar-refractivity contribution in [2.45, 2.75) is 0 Å². The van der Waals surface area contributed by atoms with E-state index in [2.05, 4.69) is 10.6 Å². The second kappa shape index (κ2) is 9.58. The SMILES string of the molecule is COc1ccccc1C(=O)NCC(=O)OCC(=O)Nc1ccccc1C#N. The van der Waals surface area contributed by atoms with Crippen LogP contribution in [0, 0.1) is 11.3 Å². The standard InChI is InChI=1S/C19H17N3O5/c1-26-16-9-5-3-7-14(16)19(25)21-11-18(24)27-12-17(23)22-15-8-4-2-6-13(15)10-20/h2-9H,11-12H2,1H3,(H,21,25)(H,22,23). The van der Waals surface area contributed by atoms with E-state index in [-0.39, 0.29) is 5.56 Å². The number of benzene rings is 2. The van der Waals surface area contributed by atoms with E-state index >= 15 is 0 Å². The van der Waals surface area contributed by atoms with Gasteiger partial charge in [0.05, 0.1) is 23.9 Å². The monoisotopic (exact) mass is 367 g/mol. The summed E-state index contributed by atoms with van der Waals surface area (Å²) >= 11 is 0. The third-order valence-corrected chi connectivity index (χ3v) is 3.43. The lowest BCUT2D eigenvalue weighted by Crippen LogP contribution is -2.32. The van der Waals surface area contributed by atoms with Crippen molar-refractivity contribution in [1.29, 1.82) is 5.26 Å². The van der Waals surface area contributed by atoms with Gasteiger partial charge in [0.15, 0.2) is 6.61 Å². The van der Waals surface area contributed by atoms with Crippen LogP contribution in [0.15, 0.2) is 48.5 Å². The predicted octanol–water partition coefficient (Wildman–Crippen LogP) is 1.48. The van der Waals surface area contributed by atoms with Gasteiger partial charge >= 0.3 is 5.97 Å². The predicted molar refractivity (Wildman–Crippen MR) is 96.1 cm³/mol. The average molecular weight is 367 g/mol. The van der Waals surface area contributed by atoms with Crippen LogP contribution in [-0.4, -0.2) is 38.0 Å². The molecule has 0 aromatic heterocycles. The van der Waals surface area contributed by atoms with Gasteiger partial charge in [-0.1, -0.05) is 24.3 Å². The summed E-state index contributed by atoms with van der Waals surface area (Å²) in [6, 6.07) is 14.9. The number of hydrogen-bond donors (Lipinski definition) is 2. The Morgan fingerprint density at radius 2 is 1.78 bits per heavy atom. The van der Waals surface area contributed by atoms with E-state index < -0.39 is 30.9 Å². The van der Waals surface area contributed by atoms with Crippen LogP contribution in [0.25, 0.3) is 0 Å². The fraction of sp³-hybridized carbons (Fsp3) is 0.158. The van der Waals surface area contributed by atoms with Crippen LogP contribution in [0.4, 0.5) is 5.69 Å². The number of carbonyl (C=O) groups is 3. The number of anilines is 1. The van der Waals surface area contributed by atoms with Gasteiger partial charge in [-0.25, -0.2) is 0 Å². The Morgan fingerprint density at radius 3 is 2.52 bits per heavy atom. The maximum Gasteiger partial charge on any atom is 0.325 e. The molecule has 0 saturated carbocycles. The number of nitriles is 1. The van der Waals surface area contributed by atoms with E-state index in [1.165, 1.54) is 7.11 Å². The minimum atomic E-state index is -0.776. The van der Waals surface area contributed by atoms with E-state index in [1.807, 2.05) is 6.07 Å². The third kappa shape index (κ3) is 5.57. The molecule has 0 atom stereocenters. The molecule has 0 bridgehead atoms. The van der Waals surface area contributed by atoms with Gasteiger partial charge in [-0.05, 0) is 24.3 Å². The molecule has 27 heavy (non-hydrogen) atoms. The van der Waals surface area contributed by atoms with Gasteiger partial charge in [0.25, 0.3) is 11.8 Å². The lowest BCUT2D eigenvalue weighted by molar-refractivity contribution is -0.146. The van der Waals surface area contributed by atoms with Crippen molar-refractivity contribution in [3.63, 3.8) is 0 Å². The molecular weight excluding hydrogens is 350 g/mol. The number of amides is 2. The minimum Gasteiger partial charge on any atom is -0.496 e. The summed E-state index contributed by atoms with van der Waals surface area (Å²) in [5.41, 5.74) is 0.894. The van der Waals surface area contributed by atoms with Crippen molar-refractivity contribution in [3.8, 4) is 11.8 Å². The first kappa shape index (κ1) is 19.5. The summed E-state index contributed by atoms with van der Waals surface area (Å²) in [5.74, 6) is -1.50. The zero-order chi connectivity index (χ0) is 19.6. The summed E-state index contributed by atoms with van der Waals surface area (Å²) in [4.78, 5) is 35.6. The van der Waals surface area contributed by atoms with Crippen molar-refractivity contribution in [2.24, 2.45) is 0 Å². The zero-order valence-electron chi connectivity index (χ0n) is 14.5. The number of rotatable bonds is 7. The maximum atomic E-state index is 12.1. The summed E-state index contributed by atoms with van der Waals surface area (Å²) in [7, 11) is 1.43. The smallest absolute Gasteiger partial charge is 0.325 e. The molecule has 0 aliphatic carbocycles. The number of methoxy groups -OCH3 is 1. The van der Waals surface area contributed by atoms with Crippen LogP contribution in [0.5, 0.6) is 5.75 Å². The fourth-order valence-electron chi connectivity index (χ4n) is 2.15. The molecule has 0 saturated heterocycles. The van der Waals surface area contributed by atoms with Crippen molar-refractivity contribution in [3.05, 3.63) is 59.7 Å². The Bertz CT molecular complexity index is 889. The molecule has 2 N–H and O–H groups in total. The molecule has 138 valence electrons. The Hall–Kier alpha value is -3.86. The van der Waals surface area contributed by atoms with Gasteiger partial charge in [-0.2, -0.15) is 5.26 Å². The minimum absolute atomic E-state index is 0.277. The van der Waals surface area contributed by atoms with Crippen LogP contribution >= 0.6 is 0 Å². The number of para-hydroxylation sites is 2. The first-order valence-electron chi connectivity index (χ1n) is 7.91. The maximum absolute atomic E-state index is 12.1. The second-order valence-corrected chi connectivity index (χ2v) is 5.25. The van der Waals surface area contributed by atoms with Gasteiger partial charge in [0.1, 0.15) is 18.4 Å². The van der Waals surface area contributed by atoms with E-state index in [9.17, 15) is 14.4 Å². The van der Waals surface area contributed by atoms with Gasteiger partial charge < -0.3 is 20.1 Å². The van der Waals surface area contributed by atoms with Crippen LogP contribution in [0.1, 0.15) is 15.9 Å². The van der Waals surface area contributed by atoms with Crippen molar-refractivity contribution < 1.29 is 23.9 Å². The molecule has 2 aromatic rings. The van der Waals surface area contributed by atoms with Crippen LogP contribution in [0.2, 0.25) is 0 Å². The molecule has 2 rings (SSSR count). The lowest BCUT2D eigenvalue weighted by atomic mass is 10.2. The number of esters is 1. The molecule has 0 heterocycles. The Labute approximate surface area is 155 Å². The van der Waals surface area contributed by atoms with Gasteiger partial charge in [0.2, 0.25) is 0 Å². The average Bonchev–Trinajstić information content (AvgIpc) is 2.70. The molecule has 0 unspecified atom stereocenters. The molecule has 0 fully saturated rings. The van der Waals surface area contributed by atoms with E-state index in [0.29, 0.717) is 17.0 Å². The summed E-state index contributed by atoms with van der Waals surface area (Å²) in [5, 5.41) is 13.8. The summed E-state index contributed by atoms with van der Waals surface area (Å²) < 4.78 is 9.89. The number of nitrogens with zero attached hydrogens (tertiary/aromatic N) is 1. The van der Waals surface area contributed by atoms with Crippen molar-refractivity contribution >= 4 is 23.5 Å². The van der Waals surface area contributed by atoms with Crippen LogP contribution in [0.3, 0.4) is 0 Å². The van der Waals surface area contributed by atoms with E-state index in [4.69, 9.17) is 14.7 Å². The Kier molecular flexibility index (Phi) is 6.91. The number of carbonyl (C=O) groups excluding carboxylic acids is 3. The van der Waals surface area contributed by atoms with Gasteiger partial charge in [-0.15, -0.1) is 0 Å². The molecule has 0 radical (unpaired) electrons. The summed E-state index contributed by atoms with van der Waals surface area (Å²) in [6.07, 6.45) is 0. The molecule has 2 amide bonds. The van der Waals surface area contributed by atoms with Crippen molar-refractivity contribution in [2.75, 3.05) is 25.6 Å². The summed E-state index contributed by atoms with van der Waals surface area (Å²) in [6.45, 7) is -0.942. The number of nitrogens with one attached hydrogen (secondary N) is 2. The molecule has 8 nitrogen and oxygen atoms in total. The molecule has 0 spiro atoms. The highest BCUT2D eigenvalue weighted by molar-refractivity contribution is 5.98. The molecule has 0 aliphatic heterocycles. The quantitative estimate of drug-likeness (QED) is 0.716. The van der Waals surface area contributed by atoms with Crippen LogP contribution in [-0.2, 0) is 14.3 Å². The van der Waals surface area contributed by atoms with E-state index in [0.717, 1.165) is 0 Å². The first-order valence-corrected chi connectivity index (χ1v) is 7.91. The lowest BCUT2D eigenvalue weighted by Gasteiger charge is -2.10. The van der Waals surface area contributed by atoms with E-state index in [1.54, 1.807) is 48.5 Å². The van der Waals surface area contributed by atoms with Gasteiger partial charge in [-0.3, -0.25) is 14.4 Å². The van der Waals surface area contributed by atoms with Crippen LogP contribution < -0.4 is 15.4 Å².